The Labute approximate surface area is 246 Å². The summed E-state index contributed by atoms with van der Waals surface area (Å²) in [5.74, 6) is -1.25. The average molecular weight is 611 g/mol. The fraction of sp³-hybridized carbons (Fsp3) is 0.143. The van der Waals surface area contributed by atoms with E-state index in [0.717, 1.165) is 0 Å². The minimum absolute atomic E-state index is 0.0185. The smallest absolute Gasteiger partial charge is 0.346 e. The first-order valence-electron chi connectivity index (χ1n) is 11.3. The number of ether oxygens (including phenoxy) is 4. The third-order valence-corrected chi connectivity index (χ3v) is 6.51. The Morgan fingerprint density at radius 2 is 1.03 bits per heavy atom. The number of hydrogen-bond acceptors (Lipinski definition) is 7. The van der Waals surface area contributed by atoms with Crippen LogP contribution >= 0.6 is 46.4 Å². The van der Waals surface area contributed by atoms with E-state index >= 15 is 0 Å². The molecule has 0 atom stereocenters. The average Bonchev–Trinajstić information content (AvgIpc) is 2.94. The minimum atomic E-state index is -0.751. The van der Waals surface area contributed by atoms with Gasteiger partial charge in [-0.25, -0.2) is 9.59 Å². The highest BCUT2D eigenvalue weighted by Crippen LogP contribution is 2.25. The zero-order valence-electron chi connectivity index (χ0n) is 20.8. The molecule has 3 aromatic carbocycles. The molecule has 204 valence electrons. The van der Waals surface area contributed by atoms with Gasteiger partial charge in [-0.05, 0) is 59.6 Å². The van der Waals surface area contributed by atoms with Gasteiger partial charge in [0, 0.05) is 5.69 Å². The van der Waals surface area contributed by atoms with Gasteiger partial charge in [0.1, 0.15) is 0 Å². The van der Waals surface area contributed by atoms with Crippen LogP contribution in [0.5, 0.6) is 0 Å². The molecule has 0 unspecified atom stereocenters. The summed E-state index contributed by atoms with van der Waals surface area (Å²) in [6.07, 6.45) is 0. The van der Waals surface area contributed by atoms with Crippen LogP contribution in [0, 0.1) is 0 Å². The molecule has 0 radical (unpaired) electrons. The minimum Gasteiger partial charge on any atom is -0.494 e. The molecular weight excluding hydrogens is 588 g/mol. The molecule has 3 rings (SSSR count). The van der Waals surface area contributed by atoms with E-state index in [1.165, 1.54) is 26.4 Å². The predicted molar refractivity (Wildman–Crippen MR) is 152 cm³/mol. The number of methoxy groups -OCH3 is 2. The number of hydrogen-bond donors (Lipinski definition) is 0. The summed E-state index contributed by atoms with van der Waals surface area (Å²) in [7, 11) is 2.77. The van der Waals surface area contributed by atoms with Crippen molar-refractivity contribution >= 4 is 64.0 Å². The maximum absolute atomic E-state index is 12.6. The Balaban J connectivity index is 1.87. The second-order valence-corrected chi connectivity index (χ2v) is 9.23. The van der Waals surface area contributed by atoms with Crippen molar-refractivity contribution in [1.29, 1.82) is 0 Å². The van der Waals surface area contributed by atoms with E-state index < -0.39 is 11.9 Å². The molecule has 0 aliphatic heterocycles. The monoisotopic (exact) mass is 609 g/mol. The van der Waals surface area contributed by atoms with Crippen molar-refractivity contribution in [2.24, 2.45) is 0 Å². The van der Waals surface area contributed by atoms with Crippen LogP contribution < -0.4 is 4.90 Å². The Hall–Kier alpha value is -3.36. The van der Waals surface area contributed by atoms with E-state index in [1.54, 1.807) is 41.3 Å². The van der Waals surface area contributed by atoms with Crippen molar-refractivity contribution in [2.75, 3.05) is 32.2 Å². The van der Waals surface area contributed by atoms with Crippen LogP contribution in [0.25, 0.3) is 0 Å². The normalized spacial score (nSPS) is 12.1. The summed E-state index contributed by atoms with van der Waals surface area (Å²) in [5.41, 5.74) is 0.999. The zero-order chi connectivity index (χ0) is 28.4. The molecule has 0 saturated carbocycles. The van der Waals surface area contributed by atoms with Crippen LogP contribution in [-0.2, 0) is 18.9 Å². The predicted octanol–water partition coefficient (Wildman–Crippen LogP) is 7.62. The standard InChI is InChI=1S/C28H23Cl4NO6/c1-36-23(25(31)38-27(34)19-12-6-8-14-21(19)29)16-33(18-10-4-3-5-11-18)17-24(37-2)26(32)39-28(35)20-13-7-9-15-22(20)30/h3-15H,16-17H2,1-2H3. The van der Waals surface area contributed by atoms with E-state index in [9.17, 15) is 9.59 Å². The zero-order valence-corrected chi connectivity index (χ0v) is 23.9. The number of carbonyl (C=O) groups is 2. The van der Waals surface area contributed by atoms with Gasteiger partial charge >= 0.3 is 11.9 Å². The molecule has 0 amide bonds. The molecule has 0 bridgehead atoms. The van der Waals surface area contributed by atoms with E-state index in [2.05, 4.69) is 0 Å². The van der Waals surface area contributed by atoms with E-state index in [-0.39, 0.29) is 56.2 Å². The molecule has 0 fully saturated rings. The molecule has 0 heterocycles. The highest BCUT2D eigenvalue weighted by molar-refractivity contribution is 6.34. The Morgan fingerprint density at radius 1 is 0.641 bits per heavy atom. The van der Waals surface area contributed by atoms with Gasteiger partial charge in [0.05, 0.1) is 48.5 Å². The van der Waals surface area contributed by atoms with Crippen LogP contribution in [0.1, 0.15) is 20.7 Å². The number of benzene rings is 3. The number of para-hydroxylation sites is 1. The molecule has 0 aliphatic carbocycles. The number of carbonyl (C=O) groups excluding carboxylic acids is 2. The second-order valence-electron chi connectivity index (χ2n) is 7.73. The molecule has 0 aliphatic rings. The van der Waals surface area contributed by atoms with E-state index in [0.29, 0.717) is 5.69 Å². The van der Waals surface area contributed by atoms with E-state index in [1.807, 2.05) is 30.3 Å². The van der Waals surface area contributed by atoms with Crippen molar-refractivity contribution < 1.29 is 28.5 Å². The van der Waals surface area contributed by atoms with Crippen molar-refractivity contribution in [3.8, 4) is 0 Å². The van der Waals surface area contributed by atoms with Crippen LogP contribution in [-0.4, -0.2) is 39.2 Å². The topological polar surface area (TPSA) is 74.3 Å². The highest BCUT2D eigenvalue weighted by Gasteiger charge is 2.22. The number of esters is 2. The number of halogens is 4. The summed E-state index contributed by atoms with van der Waals surface area (Å²) >= 11 is 24.9. The second kappa shape index (κ2) is 14.7. The van der Waals surface area contributed by atoms with Crippen LogP contribution in [0.2, 0.25) is 10.0 Å². The van der Waals surface area contributed by atoms with Crippen LogP contribution in [0.15, 0.2) is 101 Å². The fourth-order valence-electron chi connectivity index (χ4n) is 3.28. The number of anilines is 1. The first-order chi connectivity index (χ1) is 18.7. The lowest BCUT2D eigenvalue weighted by molar-refractivity contribution is 0.0624. The van der Waals surface area contributed by atoms with Gasteiger partial charge in [-0.15, -0.1) is 0 Å². The highest BCUT2D eigenvalue weighted by atomic mass is 35.5. The van der Waals surface area contributed by atoms with Gasteiger partial charge in [-0.1, -0.05) is 65.7 Å². The lowest BCUT2D eigenvalue weighted by Crippen LogP contribution is -2.30. The Kier molecular flexibility index (Phi) is 11.4. The molecule has 0 N–H and O–H groups in total. The number of rotatable bonds is 11. The van der Waals surface area contributed by atoms with Crippen molar-refractivity contribution in [3.05, 3.63) is 122 Å². The summed E-state index contributed by atoms with van der Waals surface area (Å²) in [4.78, 5) is 27.0. The summed E-state index contributed by atoms with van der Waals surface area (Å²) in [6.45, 7) is 0.0370. The fourth-order valence-corrected chi connectivity index (χ4v) is 4.12. The lowest BCUT2D eigenvalue weighted by atomic mass is 10.2. The molecule has 0 spiro atoms. The quantitative estimate of drug-likeness (QED) is 0.163. The third-order valence-electron chi connectivity index (χ3n) is 5.27. The van der Waals surface area contributed by atoms with Gasteiger partial charge in [0.2, 0.25) is 10.4 Å². The molecule has 3 aromatic rings. The van der Waals surface area contributed by atoms with E-state index in [4.69, 9.17) is 65.4 Å². The molecule has 7 nitrogen and oxygen atoms in total. The lowest BCUT2D eigenvalue weighted by Gasteiger charge is -2.26. The molecular formula is C28H23Cl4NO6. The molecule has 0 aromatic heterocycles. The van der Waals surface area contributed by atoms with Gasteiger partial charge in [-0.2, -0.15) is 0 Å². The maximum atomic E-state index is 12.6. The summed E-state index contributed by atoms with van der Waals surface area (Å²) in [5, 5.41) is -0.148. The summed E-state index contributed by atoms with van der Waals surface area (Å²) in [6, 6.07) is 22.0. The number of nitrogens with zero attached hydrogens (tertiary/aromatic N) is 1. The van der Waals surface area contributed by atoms with Gasteiger partial charge in [-0.3, -0.25) is 0 Å². The SMILES string of the molecule is COC(CN(CC(OC)=C(Cl)OC(=O)c1ccccc1Cl)c1ccccc1)=C(Cl)OC(=O)c1ccccc1Cl. The van der Waals surface area contributed by atoms with Gasteiger partial charge < -0.3 is 23.8 Å². The molecule has 39 heavy (non-hydrogen) atoms. The first kappa shape index (κ1) is 30.2. The van der Waals surface area contributed by atoms with Crippen molar-refractivity contribution in [2.45, 2.75) is 0 Å². The maximum Gasteiger partial charge on any atom is 0.346 e. The van der Waals surface area contributed by atoms with Gasteiger partial charge in [0.15, 0.2) is 11.5 Å². The Morgan fingerprint density at radius 3 is 1.41 bits per heavy atom. The van der Waals surface area contributed by atoms with Gasteiger partial charge in [0.25, 0.3) is 0 Å². The molecule has 0 saturated heterocycles. The molecule has 11 heteroatoms. The van der Waals surface area contributed by atoms with Crippen LogP contribution in [0.3, 0.4) is 0 Å². The van der Waals surface area contributed by atoms with Crippen LogP contribution in [0.4, 0.5) is 5.69 Å². The van der Waals surface area contributed by atoms with Crippen molar-refractivity contribution in [3.63, 3.8) is 0 Å². The van der Waals surface area contributed by atoms with Crippen molar-refractivity contribution in [1.82, 2.24) is 0 Å². The summed E-state index contributed by atoms with van der Waals surface area (Å²) < 4.78 is 21.5. The largest absolute Gasteiger partial charge is 0.494 e. The first-order valence-corrected chi connectivity index (χ1v) is 12.8. The third kappa shape index (κ3) is 8.31. The Bertz CT molecular complexity index is 1290.